The number of amides is 2. The molecular formula is C21H32N4O4S. The number of nitrogens with zero attached hydrogens (tertiary/aromatic N) is 1. The molecule has 9 heteroatoms. The Bertz CT molecular complexity index is 705. The van der Waals surface area contributed by atoms with Crippen molar-refractivity contribution in [3.63, 3.8) is 0 Å². The van der Waals surface area contributed by atoms with Crippen LogP contribution in [-0.2, 0) is 9.53 Å². The molecule has 1 saturated heterocycles. The Labute approximate surface area is 183 Å². The molecule has 2 rings (SSSR count). The van der Waals surface area contributed by atoms with Crippen molar-refractivity contribution in [2.24, 2.45) is 5.92 Å². The van der Waals surface area contributed by atoms with E-state index in [4.69, 9.17) is 21.7 Å². The average Bonchev–Trinajstić information content (AvgIpc) is 2.77. The van der Waals surface area contributed by atoms with E-state index in [0.717, 1.165) is 37.6 Å². The Hall–Kier alpha value is -2.39. The van der Waals surface area contributed by atoms with Gasteiger partial charge in [-0.15, -0.1) is 0 Å². The lowest BCUT2D eigenvalue weighted by atomic mass is 9.88. The van der Waals surface area contributed by atoms with Gasteiger partial charge in [0.1, 0.15) is 11.8 Å². The zero-order valence-corrected chi connectivity index (χ0v) is 18.7. The van der Waals surface area contributed by atoms with Crippen LogP contribution in [0.15, 0.2) is 24.3 Å². The van der Waals surface area contributed by atoms with Crippen molar-refractivity contribution < 1.29 is 19.1 Å². The molecule has 1 aromatic carbocycles. The molecule has 1 fully saturated rings. The second-order valence-electron chi connectivity index (χ2n) is 7.12. The first kappa shape index (κ1) is 23.9. The third-order valence-corrected chi connectivity index (χ3v) is 5.56. The number of hydrogen-bond acceptors (Lipinski definition) is 5. The van der Waals surface area contributed by atoms with Crippen molar-refractivity contribution in [3.8, 4) is 5.75 Å². The number of likely N-dealkylation sites (tertiary alicyclic amines) is 1. The maximum absolute atomic E-state index is 12.8. The first-order chi connectivity index (χ1) is 14.5. The molecule has 0 bridgehead atoms. The molecule has 1 atom stereocenters. The number of benzene rings is 1. The highest BCUT2D eigenvalue weighted by atomic mass is 32.1. The van der Waals surface area contributed by atoms with E-state index < -0.39 is 6.04 Å². The number of hydrogen-bond donors (Lipinski definition) is 3. The summed E-state index contributed by atoms with van der Waals surface area (Å²) in [5, 5.41) is 9.70. The molecular weight excluding hydrogens is 404 g/mol. The van der Waals surface area contributed by atoms with Gasteiger partial charge in [0.15, 0.2) is 5.11 Å². The van der Waals surface area contributed by atoms with Crippen LogP contribution >= 0.6 is 12.2 Å². The summed E-state index contributed by atoms with van der Waals surface area (Å²) in [7, 11) is 3.15. The lowest BCUT2D eigenvalue weighted by Crippen LogP contribution is -2.54. The number of methoxy groups -OCH3 is 2. The standard InChI is InChI=1S/C21H32N4O4S/c1-4-22-21(30)25-12-9-15(10-13-25)18(20(27)23-11-14-28-2)24-19(26)16-5-7-17(29-3)8-6-16/h5-8,15,18H,4,9-14H2,1-3H3,(H,22,30)(H,23,27)(H,24,26)/t18-/m1/s1. The topological polar surface area (TPSA) is 91.9 Å². The Morgan fingerprint density at radius 3 is 2.40 bits per heavy atom. The van der Waals surface area contributed by atoms with E-state index in [1.807, 2.05) is 6.92 Å². The summed E-state index contributed by atoms with van der Waals surface area (Å²) in [6.07, 6.45) is 1.52. The third kappa shape index (κ3) is 6.84. The largest absolute Gasteiger partial charge is 0.497 e. The van der Waals surface area contributed by atoms with Gasteiger partial charge in [-0.05, 0) is 62.2 Å². The summed E-state index contributed by atoms with van der Waals surface area (Å²) >= 11 is 5.40. The van der Waals surface area contributed by atoms with Crippen LogP contribution in [0.5, 0.6) is 5.75 Å². The highest BCUT2D eigenvalue weighted by molar-refractivity contribution is 7.80. The molecule has 1 aromatic rings. The molecule has 8 nitrogen and oxygen atoms in total. The zero-order valence-electron chi connectivity index (χ0n) is 17.9. The van der Waals surface area contributed by atoms with Gasteiger partial charge in [-0.1, -0.05) is 0 Å². The number of thiocarbonyl (C=S) groups is 1. The smallest absolute Gasteiger partial charge is 0.251 e. The second kappa shape index (κ2) is 12.3. The summed E-state index contributed by atoms with van der Waals surface area (Å²) in [5.74, 6) is 0.219. The minimum atomic E-state index is -0.619. The van der Waals surface area contributed by atoms with E-state index in [2.05, 4.69) is 20.9 Å². The van der Waals surface area contributed by atoms with Crippen molar-refractivity contribution in [1.29, 1.82) is 0 Å². The van der Waals surface area contributed by atoms with Crippen LogP contribution < -0.4 is 20.7 Å². The molecule has 166 valence electrons. The van der Waals surface area contributed by atoms with Gasteiger partial charge in [-0.25, -0.2) is 0 Å². The Kier molecular flexibility index (Phi) is 9.82. The fraction of sp³-hybridized carbons (Fsp3) is 0.571. The fourth-order valence-corrected chi connectivity index (χ4v) is 3.78. The van der Waals surface area contributed by atoms with Crippen LogP contribution in [0, 0.1) is 5.92 Å². The van der Waals surface area contributed by atoms with E-state index in [9.17, 15) is 9.59 Å². The highest BCUT2D eigenvalue weighted by Gasteiger charge is 2.33. The summed E-state index contributed by atoms with van der Waals surface area (Å²) in [4.78, 5) is 27.8. The molecule has 1 aliphatic rings. The van der Waals surface area contributed by atoms with Gasteiger partial charge in [0.05, 0.1) is 13.7 Å². The van der Waals surface area contributed by atoms with Crippen LogP contribution in [0.25, 0.3) is 0 Å². The zero-order chi connectivity index (χ0) is 21.9. The third-order valence-electron chi connectivity index (χ3n) is 5.15. The number of ether oxygens (including phenoxy) is 2. The Morgan fingerprint density at radius 2 is 1.83 bits per heavy atom. The normalized spacial score (nSPS) is 15.2. The number of piperidine rings is 1. The summed E-state index contributed by atoms with van der Waals surface area (Å²) in [6, 6.07) is 6.20. The van der Waals surface area contributed by atoms with Crippen molar-refractivity contribution >= 4 is 29.1 Å². The van der Waals surface area contributed by atoms with Crippen LogP contribution in [0.1, 0.15) is 30.1 Å². The fourth-order valence-electron chi connectivity index (χ4n) is 3.45. The van der Waals surface area contributed by atoms with E-state index in [1.165, 1.54) is 0 Å². The van der Waals surface area contributed by atoms with Gasteiger partial charge in [-0.2, -0.15) is 0 Å². The lowest BCUT2D eigenvalue weighted by molar-refractivity contribution is -0.124. The van der Waals surface area contributed by atoms with Crippen LogP contribution in [0.3, 0.4) is 0 Å². The Morgan fingerprint density at radius 1 is 1.17 bits per heavy atom. The quantitative estimate of drug-likeness (QED) is 0.395. The maximum Gasteiger partial charge on any atom is 0.251 e. The van der Waals surface area contributed by atoms with Gasteiger partial charge in [0.25, 0.3) is 5.91 Å². The number of nitrogens with one attached hydrogen (secondary N) is 3. The van der Waals surface area contributed by atoms with Gasteiger partial charge in [0, 0.05) is 38.9 Å². The first-order valence-electron chi connectivity index (χ1n) is 10.2. The molecule has 0 spiro atoms. The predicted octanol–water partition coefficient (Wildman–Crippen LogP) is 1.16. The van der Waals surface area contributed by atoms with E-state index in [-0.39, 0.29) is 17.7 Å². The summed E-state index contributed by atoms with van der Waals surface area (Å²) in [5.41, 5.74) is 0.483. The molecule has 0 radical (unpaired) electrons. The van der Waals surface area contributed by atoms with Gasteiger partial charge >= 0.3 is 0 Å². The predicted molar refractivity (Wildman–Crippen MR) is 120 cm³/mol. The number of carbonyl (C=O) groups excluding carboxylic acids is 2. The monoisotopic (exact) mass is 436 g/mol. The van der Waals surface area contributed by atoms with Crippen molar-refractivity contribution in [1.82, 2.24) is 20.9 Å². The molecule has 0 aliphatic carbocycles. The first-order valence-corrected chi connectivity index (χ1v) is 10.6. The molecule has 0 saturated carbocycles. The summed E-state index contributed by atoms with van der Waals surface area (Å²) < 4.78 is 10.1. The van der Waals surface area contributed by atoms with E-state index in [1.54, 1.807) is 38.5 Å². The van der Waals surface area contributed by atoms with Crippen LogP contribution in [0.2, 0.25) is 0 Å². The van der Waals surface area contributed by atoms with E-state index in [0.29, 0.717) is 24.5 Å². The molecule has 1 aliphatic heterocycles. The lowest BCUT2D eigenvalue weighted by Gasteiger charge is -2.37. The molecule has 3 N–H and O–H groups in total. The minimum Gasteiger partial charge on any atom is -0.497 e. The molecule has 30 heavy (non-hydrogen) atoms. The Balaban J connectivity index is 2.05. The highest BCUT2D eigenvalue weighted by Crippen LogP contribution is 2.22. The van der Waals surface area contributed by atoms with Crippen molar-refractivity contribution in [3.05, 3.63) is 29.8 Å². The second-order valence-corrected chi connectivity index (χ2v) is 7.51. The van der Waals surface area contributed by atoms with Gasteiger partial charge < -0.3 is 30.3 Å². The van der Waals surface area contributed by atoms with E-state index >= 15 is 0 Å². The maximum atomic E-state index is 12.8. The van der Waals surface area contributed by atoms with Crippen molar-refractivity contribution in [2.45, 2.75) is 25.8 Å². The molecule has 0 aromatic heterocycles. The van der Waals surface area contributed by atoms with Crippen molar-refractivity contribution in [2.75, 3.05) is 47.0 Å². The molecule has 0 unspecified atom stereocenters. The number of carbonyl (C=O) groups is 2. The molecule has 1 heterocycles. The van der Waals surface area contributed by atoms with Crippen LogP contribution in [-0.4, -0.2) is 74.9 Å². The minimum absolute atomic E-state index is 0.0235. The van der Waals surface area contributed by atoms with Gasteiger partial charge in [0.2, 0.25) is 5.91 Å². The summed E-state index contributed by atoms with van der Waals surface area (Å²) in [6.45, 7) is 5.09. The molecule has 2 amide bonds. The van der Waals surface area contributed by atoms with Gasteiger partial charge in [-0.3, -0.25) is 9.59 Å². The SMILES string of the molecule is CCNC(=S)N1CCC([C@@H](NC(=O)c2ccc(OC)cc2)C(=O)NCCOC)CC1. The number of rotatable bonds is 9. The van der Waals surface area contributed by atoms with Crippen LogP contribution in [0.4, 0.5) is 0 Å². The average molecular weight is 437 g/mol.